The van der Waals surface area contributed by atoms with Crippen LogP contribution < -0.4 is 14.8 Å². The molecule has 1 saturated heterocycles. The number of methoxy groups -OCH3 is 1. The predicted molar refractivity (Wildman–Crippen MR) is 77.9 cm³/mol. The second-order valence-corrected chi connectivity index (χ2v) is 6.28. The molecule has 6 nitrogen and oxygen atoms in total. The molecule has 2 rings (SSSR count). The van der Waals surface area contributed by atoms with Crippen LogP contribution in [0.1, 0.15) is 18.5 Å². The summed E-state index contributed by atoms with van der Waals surface area (Å²) in [7, 11) is -1.87. The third kappa shape index (κ3) is 3.12. The minimum atomic E-state index is -3.47. The number of rotatable bonds is 5. The lowest BCUT2D eigenvalue weighted by molar-refractivity contribution is 0.262. The summed E-state index contributed by atoms with van der Waals surface area (Å²) in [5.74, 6) is 0.706. The molecule has 1 atom stereocenters. The van der Waals surface area contributed by atoms with Gasteiger partial charge in [-0.1, -0.05) is 25.1 Å². The van der Waals surface area contributed by atoms with Gasteiger partial charge in [-0.25, -0.2) is 4.72 Å². The zero-order valence-corrected chi connectivity index (χ0v) is 12.6. The second-order valence-electron chi connectivity index (χ2n) is 4.58. The van der Waals surface area contributed by atoms with Crippen LogP contribution in [0.3, 0.4) is 0 Å². The van der Waals surface area contributed by atoms with E-state index < -0.39 is 10.2 Å². The van der Waals surface area contributed by atoms with Crippen molar-refractivity contribution in [3.8, 4) is 5.75 Å². The van der Waals surface area contributed by atoms with Gasteiger partial charge in [0.1, 0.15) is 5.75 Å². The van der Waals surface area contributed by atoms with Crippen LogP contribution in [0.2, 0.25) is 0 Å². The van der Waals surface area contributed by atoms with E-state index in [4.69, 9.17) is 4.74 Å². The summed E-state index contributed by atoms with van der Waals surface area (Å²) in [4.78, 5) is 0. The molecule has 20 heavy (non-hydrogen) atoms. The van der Waals surface area contributed by atoms with Gasteiger partial charge in [-0.15, -0.1) is 0 Å². The molecule has 2 N–H and O–H groups in total. The van der Waals surface area contributed by atoms with E-state index in [2.05, 4.69) is 10.0 Å². The van der Waals surface area contributed by atoms with Crippen molar-refractivity contribution < 1.29 is 13.2 Å². The average Bonchev–Trinajstić information content (AvgIpc) is 2.47. The zero-order chi connectivity index (χ0) is 14.6. The Bertz CT molecular complexity index is 548. The molecule has 1 aromatic rings. The fraction of sp³-hybridized carbons (Fsp3) is 0.538. The van der Waals surface area contributed by atoms with Gasteiger partial charge in [0.15, 0.2) is 0 Å². The van der Waals surface area contributed by atoms with Crippen LogP contribution in [0.4, 0.5) is 0 Å². The fourth-order valence-electron chi connectivity index (χ4n) is 2.45. The van der Waals surface area contributed by atoms with Crippen LogP contribution in [0, 0.1) is 0 Å². The molecule has 1 aliphatic rings. The first-order valence-corrected chi connectivity index (χ1v) is 8.14. The molecule has 1 aliphatic heterocycles. The highest BCUT2D eigenvalue weighted by Crippen LogP contribution is 2.31. The highest BCUT2D eigenvalue weighted by Gasteiger charge is 2.34. The van der Waals surface area contributed by atoms with Crippen LogP contribution >= 0.6 is 0 Å². The van der Waals surface area contributed by atoms with Gasteiger partial charge in [-0.3, -0.25) is 0 Å². The number of benzene rings is 1. The van der Waals surface area contributed by atoms with Crippen molar-refractivity contribution in [3.05, 3.63) is 29.8 Å². The third-order valence-electron chi connectivity index (χ3n) is 3.33. The number of nitrogens with zero attached hydrogens (tertiary/aromatic N) is 1. The van der Waals surface area contributed by atoms with Gasteiger partial charge in [0.25, 0.3) is 10.2 Å². The Labute approximate surface area is 120 Å². The summed E-state index contributed by atoms with van der Waals surface area (Å²) in [6.45, 7) is 3.82. The molecule has 1 heterocycles. The Morgan fingerprint density at radius 1 is 1.45 bits per heavy atom. The van der Waals surface area contributed by atoms with E-state index in [0.29, 0.717) is 31.9 Å². The van der Waals surface area contributed by atoms with Crippen molar-refractivity contribution in [2.75, 3.05) is 33.3 Å². The summed E-state index contributed by atoms with van der Waals surface area (Å²) >= 11 is 0. The van der Waals surface area contributed by atoms with E-state index in [0.717, 1.165) is 5.56 Å². The van der Waals surface area contributed by atoms with Crippen LogP contribution in [-0.2, 0) is 10.2 Å². The lowest BCUT2D eigenvalue weighted by Gasteiger charge is -2.35. The summed E-state index contributed by atoms with van der Waals surface area (Å²) in [6, 6.07) is 7.27. The van der Waals surface area contributed by atoms with Gasteiger partial charge in [0, 0.05) is 31.7 Å². The third-order valence-corrected chi connectivity index (χ3v) is 5.04. The fourth-order valence-corrected chi connectivity index (χ4v) is 3.83. The number of nitrogens with one attached hydrogen (secondary N) is 2. The second kappa shape index (κ2) is 6.53. The van der Waals surface area contributed by atoms with E-state index in [-0.39, 0.29) is 6.04 Å². The molecule has 0 amide bonds. The molecule has 0 radical (unpaired) electrons. The quantitative estimate of drug-likeness (QED) is 0.830. The van der Waals surface area contributed by atoms with Gasteiger partial charge in [0.2, 0.25) is 0 Å². The van der Waals surface area contributed by atoms with Gasteiger partial charge in [-0.05, 0) is 6.07 Å². The molecule has 7 heteroatoms. The molecule has 0 bridgehead atoms. The molecule has 1 aromatic carbocycles. The first kappa shape index (κ1) is 15.2. The number of para-hydroxylation sites is 1. The summed E-state index contributed by atoms with van der Waals surface area (Å²) < 4.78 is 34.0. The van der Waals surface area contributed by atoms with Crippen LogP contribution in [0.25, 0.3) is 0 Å². The normalized spacial score (nSPS) is 20.8. The molecule has 0 saturated carbocycles. The number of hydrogen-bond donors (Lipinski definition) is 2. The Morgan fingerprint density at radius 2 is 2.20 bits per heavy atom. The highest BCUT2D eigenvalue weighted by atomic mass is 32.2. The monoisotopic (exact) mass is 299 g/mol. The van der Waals surface area contributed by atoms with E-state index in [9.17, 15) is 8.42 Å². The van der Waals surface area contributed by atoms with E-state index >= 15 is 0 Å². The maximum absolute atomic E-state index is 12.3. The maximum Gasteiger partial charge on any atom is 0.280 e. The number of piperazine rings is 1. The minimum Gasteiger partial charge on any atom is -0.496 e. The van der Waals surface area contributed by atoms with Gasteiger partial charge in [-0.2, -0.15) is 12.7 Å². The van der Waals surface area contributed by atoms with Crippen molar-refractivity contribution in [3.63, 3.8) is 0 Å². The van der Waals surface area contributed by atoms with Gasteiger partial charge in [0.05, 0.1) is 13.2 Å². The Kier molecular flexibility index (Phi) is 4.98. The van der Waals surface area contributed by atoms with E-state index in [1.807, 2.05) is 24.3 Å². The number of hydrogen-bond acceptors (Lipinski definition) is 4. The molecule has 0 aromatic heterocycles. The lowest BCUT2D eigenvalue weighted by atomic mass is 10.0. The van der Waals surface area contributed by atoms with Crippen molar-refractivity contribution in [1.82, 2.24) is 14.3 Å². The molecule has 1 fully saturated rings. The minimum absolute atomic E-state index is 0.260. The largest absolute Gasteiger partial charge is 0.496 e. The molecule has 112 valence electrons. The highest BCUT2D eigenvalue weighted by molar-refractivity contribution is 7.87. The SMILES string of the molecule is CCNS(=O)(=O)N1CCNCC1c1ccccc1OC. The Hall–Kier alpha value is -1.15. The molecular formula is C13H21N3O3S. The first-order chi connectivity index (χ1) is 9.60. The Balaban J connectivity index is 2.36. The zero-order valence-electron chi connectivity index (χ0n) is 11.8. The average molecular weight is 299 g/mol. The van der Waals surface area contributed by atoms with Gasteiger partial charge < -0.3 is 10.1 Å². The lowest BCUT2D eigenvalue weighted by Crippen LogP contribution is -2.52. The van der Waals surface area contributed by atoms with Crippen molar-refractivity contribution in [2.24, 2.45) is 0 Å². The molecule has 0 aliphatic carbocycles. The van der Waals surface area contributed by atoms with E-state index in [1.54, 1.807) is 14.0 Å². The smallest absolute Gasteiger partial charge is 0.280 e. The van der Waals surface area contributed by atoms with E-state index in [1.165, 1.54) is 4.31 Å². The molecule has 0 spiro atoms. The predicted octanol–water partition coefficient (Wildman–Crippen LogP) is 0.496. The maximum atomic E-state index is 12.3. The van der Waals surface area contributed by atoms with Crippen molar-refractivity contribution in [1.29, 1.82) is 0 Å². The summed E-state index contributed by atoms with van der Waals surface area (Å²) in [5, 5.41) is 3.24. The molecular weight excluding hydrogens is 278 g/mol. The van der Waals surface area contributed by atoms with Crippen molar-refractivity contribution in [2.45, 2.75) is 13.0 Å². The summed E-state index contributed by atoms with van der Waals surface area (Å²) in [6.07, 6.45) is 0. The summed E-state index contributed by atoms with van der Waals surface area (Å²) in [5.41, 5.74) is 0.878. The number of ether oxygens (including phenoxy) is 1. The first-order valence-electron chi connectivity index (χ1n) is 6.70. The Morgan fingerprint density at radius 3 is 2.90 bits per heavy atom. The van der Waals surface area contributed by atoms with Crippen LogP contribution in [-0.4, -0.2) is 46.0 Å². The molecule has 1 unspecified atom stereocenters. The van der Waals surface area contributed by atoms with Crippen LogP contribution in [0.15, 0.2) is 24.3 Å². The van der Waals surface area contributed by atoms with Crippen LogP contribution in [0.5, 0.6) is 5.75 Å². The van der Waals surface area contributed by atoms with Crippen molar-refractivity contribution >= 4 is 10.2 Å². The van der Waals surface area contributed by atoms with Gasteiger partial charge >= 0.3 is 0 Å². The standard InChI is InChI=1S/C13H21N3O3S/c1-3-15-20(17,18)16-9-8-14-10-12(16)11-6-4-5-7-13(11)19-2/h4-7,12,14-15H,3,8-10H2,1-2H3. The topological polar surface area (TPSA) is 70.7 Å².